The molecule has 3 aromatic rings. The van der Waals surface area contributed by atoms with Gasteiger partial charge in [0.25, 0.3) is 5.91 Å². The summed E-state index contributed by atoms with van der Waals surface area (Å²) in [5, 5.41) is 9.17. The molecule has 12 nitrogen and oxygen atoms in total. The Morgan fingerprint density at radius 2 is 1.85 bits per heavy atom. The number of ether oxygens (including phenoxy) is 3. The maximum absolute atomic E-state index is 13.7. The Morgan fingerprint density at radius 1 is 1.06 bits per heavy atom. The summed E-state index contributed by atoms with van der Waals surface area (Å²) < 4.78 is 55.5. The van der Waals surface area contributed by atoms with Crippen molar-refractivity contribution < 1.29 is 37.0 Å². The van der Waals surface area contributed by atoms with Crippen LogP contribution < -0.4 is 25.4 Å². The molecule has 284 valence electrons. The molecule has 0 spiro atoms. The first-order valence-electron chi connectivity index (χ1n) is 17.3. The van der Waals surface area contributed by atoms with Gasteiger partial charge >= 0.3 is 18.3 Å². The molecule has 1 atom stereocenters. The van der Waals surface area contributed by atoms with E-state index in [2.05, 4.69) is 37.0 Å². The summed E-state index contributed by atoms with van der Waals surface area (Å²) >= 11 is 6.56. The summed E-state index contributed by atoms with van der Waals surface area (Å²) in [4.78, 5) is 40.8. The third-order valence-corrected chi connectivity index (χ3v) is 8.83. The number of alkyl halides is 3. The number of carbonyl (C=O) groups excluding carboxylic acids is 2. The SMILES string of the molecule is CC1(C)CNC(=O)c2ccc(cc2)Nc2nc(nc(OCC(F)(F)F)n2)NCc2ccc(c(Cl)c2)OCCCN(C(=O)OC2=C3C=CC=CC3CC=C2)C1. The van der Waals surface area contributed by atoms with E-state index in [0.29, 0.717) is 46.3 Å². The van der Waals surface area contributed by atoms with Gasteiger partial charge in [-0.3, -0.25) is 4.79 Å². The lowest BCUT2D eigenvalue weighted by atomic mass is 9.87. The van der Waals surface area contributed by atoms with Gasteiger partial charge in [-0.1, -0.05) is 61.9 Å². The van der Waals surface area contributed by atoms with Gasteiger partial charge in [0, 0.05) is 48.9 Å². The molecule has 1 unspecified atom stereocenters. The van der Waals surface area contributed by atoms with Gasteiger partial charge in [0.1, 0.15) is 11.5 Å². The molecule has 0 saturated heterocycles. The van der Waals surface area contributed by atoms with Gasteiger partial charge in [0.05, 0.1) is 11.6 Å². The normalized spacial score (nSPS) is 18.8. The standard InChI is InChI=1S/C38H39ClF3N7O5/c1-37(2)21-44-32(50)26-12-14-27(15-13-26)45-34-46-33(47-35(48-34)53-23-38(40,41)42)43-20-24-11-16-31(29(39)19-24)52-18-6-17-49(22-37)36(51)54-30-10-5-8-25-7-3-4-9-28(25)30/h3-5,7,9-16,19,25H,6,8,17-18,20-23H2,1-2H3,(H,44,50)(H2,43,45,46,47,48). The number of allylic oxidation sites excluding steroid dienone is 7. The highest BCUT2D eigenvalue weighted by atomic mass is 35.5. The minimum absolute atomic E-state index is 0.0550. The number of amides is 2. The molecule has 0 fully saturated rings. The summed E-state index contributed by atoms with van der Waals surface area (Å²) in [7, 11) is 0. The highest BCUT2D eigenvalue weighted by molar-refractivity contribution is 6.32. The molecule has 5 heterocycles. The molecule has 16 heteroatoms. The molecule has 9 rings (SSSR count). The second kappa shape index (κ2) is 16.6. The van der Waals surface area contributed by atoms with Gasteiger partial charge in [0.2, 0.25) is 11.9 Å². The molecule has 2 amide bonds. The van der Waals surface area contributed by atoms with Gasteiger partial charge in [-0.05, 0) is 66.3 Å². The van der Waals surface area contributed by atoms with Crippen molar-refractivity contribution in [2.75, 3.05) is 43.5 Å². The van der Waals surface area contributed by atoms with E-state index >= 15 is 0 Å². The van der Waals surface area contributed by atoms with Crippen molar-refractivity contribution in [1.82, 2.24) is 25.2 Å². The molecular weight excluding hydrogens is 727 g/mol. The Morgan fingerprint density at radius 3 is 2.63 bits per heavy atom. The van der Waals surface area contributed by atoms with Crippen LogP contribution in [0.1, 0.15) is 42.6 Å². The monoisotopic (exact) mass is 765 g/mol. The van der Waals surface area contributed by atoms with Gasteiger partial charge in [-0.2, -0.15) is 28.1 Å². The van der Waals surface area contributed by atoms with E-state index in [4.69, 9.17) is 25.8 Å². The molecule has 0 radical (unpaired) electrons. The molecular formula is C38H39ClF3N7O5. The summed E-state index contributed by atoms with van der Waals surface area (Å²) in [5.41, 5.74) is 1.89. The number of nitrogens with one attached hydrogen (secondary N) is 3. The van der Waals surface area contributed by atoms with Crippen molar-refractivity contribution in [3.63, 3.8) is 0 Å². The minimum Gasteiger partial charge on any atom is -0.492 e. The average molecular weight is 766 g/mol. The molecule has 0 saturated carbocycles. The van der Waals surface area contributed by atoms with Crippen LogP contribution in [0.2, 0.25) is 5.02 Å². The van der Waals surface area contributed by atoms with E-state index in [1.54, 1.807) is 47.4 Å². The van der Waals surface area contributed by atoms with E-state index in [0.717, 1.165) is 12.0 Å². The van der Waals surface area contributed by atoms with Crippen LogP contribution in [0.5, 0.6) is 11.8 Å². The topological polar surface area (TPSA) is 140 Å². The average Bonchev–Trinajstić information content (AvgIpc) is 3.14. The molecule has 2 aromatic carbocycles. The fraction of sp³-hybridized carbons (Fsp3) is 0.342. The lowest BCUT2D eigenvalue weighted by Crippen LogP contribution is -2.45. The summed E-state index contributed by atoms with van der Waals surface area (Å²) in [6.45, 7) is 3.49. The van der Waals surface area contributed by atoms with E-state index < -0.39 is 30.3 Å². The maximum atomic E-state index is 13.7. The quantitative estimate of drug-likeness (QED) is 0.243. The molecule has 3 N–H and O–H groups in total. The Labute approximate surface area is 315 Å². The fourth-order valence-electron chi connectivity index (χ4n) is 5.88. The van der Waals surface area contributed by atoms with Crippen molar-refractivity contribution in [2.24, 2.45) is 11.3 Å². The first-order chi connectivity index (χ1) is 25.8. The summed E-state index contributed by atoms with van der Waals surface area (Å²) in [6, 6.07) is 11.0. The Bertz CT molecular complexity index is 1980. The van der Waals surface area contributed by atoms with E-state index in [9.17, 15) is 22.8 Å². The van der Waals surface area contributed by atoms with Crippen LogP contribution in [0.3, 0.4) is 0 Å². The Hall–Kier alpha value is -5.57. The second-order valence-corrected chi connectivity index (χ2v) is 14.0. The third kappa shape index (κ3) is 10.5. The number of anilines is 3. The van der Waals surface area contributed by atoms with E-state index in [1.165, 1.54) is 0 Å². The van der Waals surface area contributed by atoms with Crippen molar-refractivity contribution in [3.8, 4) is 11.8 Å². The van der Waals surface area contributed by atoms with Crippen molar-refractivity contribution in [1.29, 1.82) is 0 Å². The molecule has 4 aliphatic heterocycles. The number of rotatable bonds is 3. The first-order valence-corrected chi connectivity index (χ1v) is 17.7. The smallest absolute Gasteiger partial charge is 0.422 e. The second-order valence-electron chi connectivity index (χ2n) is 13.6. The largest absolute Gasteiger partial charge is 0.492 e. The number of fused-ring (bicyclic) bond motifs is 1. The highest BCUT2D eigenvalue weighted by Gasteiger charge is 2.30. The number of carbonyl (C=O) groups is 2. The van der Waals surface area contributed by atoms with Crippen molar-refractivity contribution >= 4 is 41.2 Å². The van der Waals surface area contributed by atoms with E-state index in [-0.39, 0.29) is 50.0 Å². The Kier molecular flexibility index (Phi) is 11.7. The van der Waals surface area contributed by atoms with Crippen molar-refractivity contribution in [2.45, 2.75) is 39.4 Å². The van der Waals surface area contributed by atoms with E-state index in [1.807, 2.05) is 44.2 Å². The van der Waals surface area contributed by atoms with Crippen LogP contribution in [0.25, 0.3) is 0 Å². The molecule has 54 heavy (non-hydrogen) atoms. The number of hydrogen-bond acceptors (Lipinski definition) is 10. The van der Waals surface area contributed by atoms with Gasteiger partial charge in [-0.25, -0.2) is 4.79 Å². The lowest BCUT2D eigenvalue weighted by molar-refractivity contribution is -0.154. The lowest BCUT2D eigenvalue weighted by Gasteiger charge is -2.33. The van der Waals surface area contributed by atoms with Crippen LogP contribution in [0, 0.1) is 11.3 Å². The predicted molar refractivity (Wildman–Crippen MR) is 197 cm³/mol. The predicted octanol–water partition coefficient (Wildman–Crippen LogP) is 7.76. The number of halogens is 4. The zero-order valence-electron chi connectivity index (χ0n) is 29.6. The maximum Gasteiger partial charge on any atom is 0.422 e. The number of benzene rings is 2. The molecule has 6 aliphatic rings. The number of aromatic nitrogens is 3. The molecule has 2 aliphatic carbocycles. The summed E-state index contributed by atoms with van der Waals surface area (Å²) in [5.74, 6) is 0.589. The Balaban J connectivity index is 1.23. The van der Waals surface area contributed by atoms with Crippen LogP contribution in [-0.4, -0.2) is 70.9 Å². The van der Waals surface area contributed by atoms with Crippen LogP contribution in [0.15, 0.2) is 90.3 Å². The number of nitrogens with zero attached hydrogens (tertiary/aromatic N) is 4. The molecule has 6 bridgehead atoms. The first kappa shape index (κ1) is 38.2. The van der Waals surface area contributed by atoms with Crippen LogP contribution >= 0.6 is 11.6 Å². The zero-order chi connectivity index (χ0) is 38.3. The van der Waals surface area contributed by atoms with Crippen molar-refractivity contribution in [3.05, 3.63) is 106 Å². The third-order valence-electron chi connectivity index (χ3n) is 8.54. The van der Waals surface area contributed by atoms with Crippen LogP contribution in [0.4, 0.5) is 35.5 Å². The minimum atomic E-state index is -4.61. The molecule has 1 aromatic heterocycles. The zero-order valence-corrected chi connectivity index (χ0v) is 30.3. The van der Waals surface area contributed by atoms with Crippen LogP contribution in [-0.2, 0) is 11.3 Å². The van der Waals surface area contributed by atoms with Gasteiger partial charge in [0.15, 0.2) is 6.61 Å². The fourth-order valence-corrected chi connectivity index (χ4v) is 6.14. The van der Waals surface area contributed by atoms with Gasteiger partial charge < -0.3 is 35.1 Å². The highest BCUT2D eigenvalue weighted by Crippen LogP contribution is 2.32. The van der Waals surface area contributed by atoms with Gasteiger partial charge in [-0.15, -0.1) is 0 Å². The summed E-state index contributed by atoms with van der Waals surface area (Å²) in [6.07, 6.45) is 7.94. The number of hydrogen-bond donors (Lipinski definition) is 3.